The van der Waals surface area contributed by atoms with Gasteiger partial charge in [-0.05, 0) is 63.1 Å². The molecule has 1 aliphatic rings. The minimum atomic E-state index is 0.213. The Morgan fingerprint density at radius 2 is 1.82 bits per heavy atom. The van der Waals surface area contributed by atoms with Crippen LogP contribution in [0, 0.1) is 0 Å². The first kappa shape index (κ1) is 22.1. The molecule has 0 bridgehead atoms. The lowest BCUT2D eigenvalue weighted by Gasteiger charge is -2.35. The van der Waals surface area contributed by atoms with Crippen LogP contribution in [0.15, 0.2) is 42.7 Å². The van der Waals surface area contributed by atoms with Gasteiger partial charge >= 0.3 is 0 Å². The average molecular weight is 482 g/mol. The molecule has 33 heavy (non-hydrogen) atoms. The molecule has 1 fully saturated rings. The topological polar surface area (TPSA) is 85.2 Å². The molecule has 5 rings (SSSR count). The molecule has 7 nitrogen and oxygen atoms in total. The third kappa shape index (κ3) is 4.05. The molecule has 1 saturated heterocycles. The van der Waals surface area contributed by atoms with Gasteiger partial charge < -0.3 is 10.6 Å². The lowest BCUT2D eigenvalue weighted by atomic mass is 9.94. The molecule has 2 N–H and O–H groups in total. The van der Waals surface area contributed by atoms with Gasteiger partial charge in [0, 0.05) is 36.5 Å². The molecule has 170 valence electrons. The van der Waals surface area contributed by atoms with Crippen molar-refractivity contribution in [1.82, 2.24) is 29.5 Å². The number of aromatic nitrogens is 5. The molecule has 9 heteroatoms. The lowest BCUT2D eigenvalue weighted by Crippen LogP contribution is -2.39. The Bertz CT molecular complexity index is 1300. The van der Waals surface area contributed by atoms with Crippen LogP contribution in [0.4, 0.5) is 5.95 Å². The summed E-state index contributed by atoms with van der Waals surface area (Å²) in [4.78, 5) is 11.9. The number of anilines is 1. The molecule has 0 aliphatic carbocycles. The molecule has 0 radical (unpaired) electrons. The first-order valence-corrected chi connectivity index (χ1v) is 11.8. The van der Waals surface area contributed by atoms with E-state index in [1.165, 1.54) is 0 Å². The highest BCUT2D eigenvalue weighted by Gasteiger charge is 2.29. The first-order chi connectivity index (χ1) is 15.9. The summed E-state index contributed by atoms with van der Waals surface area (Å²) in [5, 5.41) is 9.67. The second-order valence-electron chi connectivity index (χ2n) is 8.70. The molecule has 3 aromatic heterocycles. The van der Waals surface area contributed by atoms with E-state index >= 15 is 0 Å². The third-order valence-electron chi connectivity index (χ3n) is 6.31. The molecule has 4 heterocycles. The van der Waals surface area contributed by atoms with Gasteiger partial charge in [-0.25, -0.2) is 9.38 Å². The van der Waals surface area contributed by atoms with Gasteiger partial charge in [-0.1, -0.05) is 29.3 Å². The van der Waals surface area contributed by atoms with E-state index in [0.29, 0.717) is 27.7 Å². The van der Waals surface area contributed by atoms with Crippen molar-refractivity contribution in [1.29, 1.82) is 0 Å². The lowest BCUT2D eigenvalue weighted by molar-refractivity contribution is 0.164. The van der Waals surface area contributed by atoms with Crippen LogP contribution in [-0.4, -0.2) is 48.6 Å². The number of fused-ring (bicyclic) bond motifs is 1. The molecular formula is C24H25Cl2N7. The van der Waals surface area contributed by atoms with Crippen molar-refractivity contribution in [3.63, 3.8) is 0 Å². The van der Waals surface area contributed by atoms with E-state index in [1.807, 2.05) is 28.7 Å². The Balaban J connectivity index is 1.78. The third-order valence-corrected chi connectivity index (χ3v) is 7.05. The van der Waals surface area contributed by atoms with Gasteiger partial charge in [-0.15, -0.1) is 10.2 Å². The quantitative estimate of drug-likeness (QED) is 0.423. The number of nitrogen functional groups attached to an aromatic ring is 1. The molecule has 1 aliphatic heterocycles. The minimum Gasteiger partial charge on any atom is -0.368 e. The van der Waals surface area contributed by atoms with Gasteiger partial charge in [0.2, 0.25) is 5.95 Å². The predicted octanol–water partition coefficient (Wildman–Crippen LogP) is 5.33. The Labute approximate surface area is 202 Å². The SMILES string of the molecule is CC(C)N1CCCC(c2nc(-c3ccncc3)c(-c3ccc(Cl)c(Cl)c3)c3nnc(N)n23)C1. The molecule has 0 spiro atoms. The van der Waals surface area contributed by atoms with Crippen LogP contribution in [-0.2, 0) is 0 Å². The van der Waals surface area contributed by atoms with Gasteiger partial charge in [0.1, 0.15) is 5.82 Å². The Morgan fingerprint density at radius 3 is 2.55 bits per heavy atom. The zero-order valence-corrected chi connectivity index (χ0v) is 20.1. The summed E-state index contributed by atoms with van der Waals surface area (Å²) in [6.07, 6.45) is 5.66. The maximum absolute atomic E-state index is 6.38. The summed E-state index contributed by atoms with van der Waals surface area (Å²) >= 11 is 12.6. The zero-order chi connectivity index (χ0) is 23.1. The van der Waals surface area contributed by atoms with Crippen LogP contribution in [0.25, 0.3) is 28.0 Å². The van der Waals surface area contributed by atoms with Gasteiger partial charge in [-0.3, -0.25) is 4.98 Å². The largest absolute Gasteiger partial charge is 0.368 e. The number of halogens is 2. The first-order valence-electron chi connectivity index (χ1n) is 11.1. The van der Waals surface area contributed by atoms with Crippen molar-refractivity contribution in [2.75, 3.05) is 18.8 Å². The predicted molar refractivity (Wildman–Crippen MR) is 133 cm³/mol. The second-order valence-corrected chi connectivity index (χ2v) is 9.52. The normalized spacial score (nSPS) is 17.2. The number of likely N-dealkylation sites (tertiary alicyclic amines) is 1. The number of nitrogens with two attached hydrogens (primary N) is 1. The fourth-order valence-corrected chi connectivity index (χ4v) is 4.90. The maximum Gasteiger partial charge on any atom is 0.227 e. The minimum absolute atomic E-state index is 0.213. The van der Waals surface area contributed by atoms with E-state index in [2.05, 4.69) is 33.9 Å². The highest BCUT2D eigenvalue weighted by atomic mass is 35.5. The van der Waals surface area contributed by atoms with Crippen molar-refractivity contribution in [3.05, 3.63) is 58.6 Å². The van der Waals surface area contributed by atoms with Crippen molar-refractivity contribution in [3.8, 4) is 22.4 Å². The van der Waals surface area contributed by atoms with Crippen LogP contribution in [0.5, 0.6) is 0 Å². The summed E-state index contributed by atoms with van der Waals surface area (Å²) in [6.45, 7) is 6.47. The number of nitrogens with zero attached hydrogens (tertiary/aromatic N) is 6. The Morgan fingerprint density at radius 1 is 1.03 bits per heavy atom. The van der Waals surface area contributed by atoms with Crippen molar-refractivity contribution >= 4 is 34.8 Å². The summed E-state index contributed by atoms with van der Waals surface area (Å²) in [5.74, 6) is 1.43. The average Bonchev–Trinajstić information content (AvgIpc) is 3.22. The zero-order valence-electron chi connectivity index (χ0n) is 18.5. The van der Waals surface area contributed by atoms with Crippen molar-refractivity contribution in [2.45, 2.75) is 38.6 Å². The number of hydrogen-bond donors (Lipinski definition) is 1. The van der Waals surface area contributed by atoms with Crippen molar-refractivity contribution in [2.24, 2.45) is 0 Å². The molecule has 0 amide bonds. The highest BCUT2D eigenvalue weighted by Crippen LogP contribution is 2.39. The molecule has 1 unspecified atom stereocenters. The van der Waals surface area contributed by atoms with Gasteiger partial charge in [0.25, 0.3) is 0 Å². The van der Waals surface area contributed by atoms with E-state index in [-0.39, 0.29) is 5.92 Å². The van der Waals surface area contributed by atoms with Crippen LogP contribution in [0.3, 0.4) is 0 Å². The monoisotopic (exact) mass is 481 g/mol. The summed E-state index contributed by atoms with van der Waals surface area (Å²) < 4.78 is 1.90. The molecule has 1 atom stereocenters. The number of pyridine rings is 1. The standard InChI is InChI=1S/C24H25Cl2N7/c1-14(2)32-11-3-4-17(13-32)22-29-21(15-7-9-28-10-8-15)20(23-30-31-24(27)33(22)23)16-5-6-18(25)19(26)12-16/h5-10,12,14,17H,3-4,11,13H2,1-2H3,(H2,27,31). The van der Waals surface area contributed by atoms with Crippen LogP contribution < -0.4 is 5.73 Å². The van der Waals surface area contributed by atoms with Crippen LogP contribution in [0.2, 0.25) is 10.0 Å². The highest BCUT2D eigenvalue weighted by molar-refractivity contribution is 6.42. The molecule has 1 aromatic carbocycles. The van der Waals surface area contributed by atoms with E-state index in [4.69, 9.17) is 33.9 Å². The Hall–Kier alpha value is -2.74. The van der Waals surface area contributed by atoms with Crippen LogP contribution in [0.1, 0.15) is 38.4 Å². The van der Waals surface area contributed by atoms with E-state index in [9.17, 15) is 0 Å². The fourth-order valence-electron chi connectivity index (χ4n) is 4.61. The number of benzene rings is 1. The van der Waals surface area contributed by atoms with E-state index < -0.39 is 0 Å². The van der Waals surface area contributed by atoms with E-state index in [0.717, 1.165) is 54.1 Å². The van der Waals surface area contributed by atoms with E-state index in [1.54, 1.807) is 18.5 Å². The summed E-state index contributed by atoms with van der Waals surface area (Å²) in [6, 6.07) is 9.90. The maximum atomic E-state index is 6.38. The molecular weight excluding hydrogens is 457 g/mol. The van der Waals surface area contributed by atoms with Crippen LogP contribution >= 0.6 is 23.2 Å². The number of rotatable bonds is 4. The summed E-state index contributed by atoms with van der Waals surface area (Å²) in [5.41, 5.74) is 10.4. The molecule has 0 saturated carbocycles. The summed E-state index contributed by atoms with van der Waals surface area (Å²) in [7, 11) is 0. The van der Waals surface area contributed by atoms with Gasteiger partial charge in [-0.2, -0.15) is 0 Å². The molecule has 4 aromatic rings. The second kappa shape index (κ2) is 8.89. The number of piperidine rings is 1. The smallest absolute Gasteiger partial charge is 0.227 e. The van der Waals surface area contributed by atoms with Gasteiger partial charge in [0.15, 0.2) is 5.65 Å². The van der Waals surface area contributed by atoms with Crippen molar-refractivity contribution < 1.29 is 0 Å². The number of hydrogen-bond acceptors (Lipinski definition) is 6. The fraction of sp³-hybridized carbons (Fsp3) is 0.333. The Kier molecular flexibility index (Phi) is 5.95. The van der Waals surface area contributed by atoms with Gasteiger partial charge in [0.05, 0.1) is 21.3 Å².